The fraction of sp³-hybridized carbons (Fsp3) is 0. The van der Waals surface area contributed by atoms with Crippen molar-refractivity contribution in [3.8, 4) is 11.5 Å². The summed E-state index contributed by atoms with van der Waals surface area (Å²) in [4.78, 5) is 21.8. The van der Waals surface area contributed by atoms with Crippen molar-refractivity contribution in [3.05, 3.63) is 18.9 Å². The van der Waals surface area contributed by atoms with Crippen LogP contribution in [0.4, 0.5) is 0 Å². The van der Waals surface area contributed by atoms with Gasteiger partial charge in [-0.3, -0.25) is 9.36 Å². The van der Waals surface area contributed by atoms with Gasteiger partial charge in [0.05, 0.1) is 0 Å². The summed E-state index contributed by atoms with van der Waals surface area (Å²) >= 11 is 0. The van der Waals surface area contributed by atoms with Crippen molar-refractivity contribution in [2.24, 2.45) is 0 Å². The van der Waals surface area contributed by atoms with Gasteiger partial charge in [-0.1, -0.05) is 0 Å². The van der Waals surface area contributed by atoms with E-state index in [1.165, 1.54) is 17.2 Å². The third kappa shape index (κ3) is 0.861. The van der Waals surface area contributed by atoms with Gasteiger partial charge in [-0.2, -0.15) is 0 Å². The molecule has 0 saturated heterocycles. The molecule has 2 heterocycles. The largest absolute Gasteiger partial charge is 0.278 e. The average Bonchev–Trinajstić information content (AvgIpc) is 2.50. The second-order valence-corrected chi connectivity index (χ2v) is 2.01. The molecular weight excluding hydrogens is 144 g/mol. The van der Waals surface area contributed by atoms with Crippen molar-refractivity contribution in [2.45, 2.75) is 0 Å². The first-order valence-electron chi connectivity index (χ1n) is 2.99. The molecule has 0 aromatic carbocycles. The summed E-state index contributed by atoms with van der Waals surface area (Å²) in [6, 6.07) is 0. The van der Waals surface area contributed by atoms with Crippen molar-refractivity contribution in [1.29, 1.82) is 0 Å². The van der Waals surface area contributed by atoms with E-state index in [1.54, 1.807) is 6.20 Å². The summed E-state index contributed by atoms with van der Waals surface area (Å²) in [6.45, 7) is 0. The highest BCUT2D eigenvalue weighted by molar-refractivity contribution is 5.56. The summed E-state index contributed by atoms with van der Waals surface area (Å²) in [6.07, 6.45) is 5.03. The summed E-state index contributed by atoms with van der Waals surface area (Å²) in [5.74, 6) is 0.558. The fourth-order valence-electron chi connectivity index (χ4n) is 0.814. The van der Waals surface area contributed by atoms with Crippen LogP contribution in [0.5, 0.6) is 0 Å². The molecule has 0 atom stereocenters. The van der Waals surface area contributed by atoms with Gasteiger partial charge in [-0.05, 0) is 0 Å². The molecule has 0 saturated carbocycles. The lowest BCUT2D eigenvalue weighted by Crippen LogP contribution is -1.98. The normalized spacial score (nSPS) is 10.2. The number of carbonyl (C=O) groups excluding carboxylic acids is 1. The van der Waals surface area contributed by atoms with Crippen LogP contribution in [0.25, 0.3) is 11.5 Å². The first-order chi connectivity index (χ1) is 5.40. The van der Waals surface area contributed by atoms with Gasteiger partial charge in [-0.15, -0.1) is 0 Å². The Labute approximate surface area is 62.1 Å². The van der Waals surface area contributed by atoms with Gasteiger partial charge in [-0.25, -0.2) is 15.0 Å². The maximum absolute atomic E-state index is 10.2. The quantitative estimate of drug-likeness (QED) is 0.526. The number of hydrogen-bond donors (Lipinski definition) is 0. The highest BCUT2D eigenvalue weighted by Crippen LogP contribution is 2.09. The Bertz CT molecular complexity index is 356. The Morgan fingerprint density at radius 2 is 2.27 bits per heavy atom. The molecule has 0 spiro atoms. The highest BCUT2D eigenvalue weighted by atomic mass is 16.1. The molecule has 5 nitrogen and oxygen atoms in total. The van der Waals surface area contributed by atoms with Gasteiger partial charge in [0.15, 0.2) is 5.82 Å². The van der Waals surface area contributed by atoms with Gasteiger partial charge in [0.1, 0.15) is 18.3 Å². The smallest absolute Gasteiger partial charge is 0.219 e. The predicted octanol–water partition coefficient (Wildman–Crippen LogP) is -0.184. The molecule has 0 aromatic heterocycles. The lowest BCUT2D eigenvalue weighted by Gasteiger charge is -1.96. The van der Waals surface area contributed by atoms with E-state index in [0.717, 1.165) is 0 Å². The van der Waals surface area contributed by atoms with Crippen LogP contribution in [-0.4, -0.2) is 25.9 Å². The zero-order valence-corrected chi connectivity index (χ0v) is 5.51. The number of aromatic nitrogens is 4. The van der Waals surface area contributed by atoms with E-state index in [0.29, 0.717) is 17.9 Å². The van der Waals surface area contributed by atoms with Crippen LogP contribution >= 0.6 is 0 Å². The van der Waals surface area contributed by atoms with E-state index in [2.05, 4.69) is 15.0 Å². The highest BCUT2D eigenvalue weighted by Gasteiger charge is 2.05. The van der Waals surface area contributed by atoms with Crippen molar-refractivity contribution < 1.29 is 4.79 Å². The first kappa shape index (κ1) is 5.96. The molecule has 0 N–H and O–H groups in total. The van der Waals surface area contributed by atoms with Crippen LogP contribution in [0.3, 0.4) is 0 Å². The SMILES string of the molecule is O=Cn1cnc2ncnc-2c1. The maximum atomic E-state index is 10.2. The van der Waals surface area contributed by atoms with E-state index in [9.17, 15) is 4.79 Å². The van der Waals surface area contributed by atoms with Gasteiger partial charge >= 0.3 is 0 Å². The molecule has 0 radical (unpaired) electrons. The van der Waals surface area contributed by atoms with Crippen molar-refractivity contribution in [2.75, 3.05) is 0 Å². The van der Waals surface area contributed by atoms with E-state index in [-0.39, 0.29) is 0 Å². The van der Waals surface area contributed by atoms with Gasteiger partial charge in [0.2, 0.25) is 6.41 Å². The first-order valence-corrected chi connectivity index (χ1v) is 2.99. The zero-order chi connectivity index (χ0) is 7.68. The summed E-state index contributed by atoms with van der Waals surface area (Å²) < 4.78 is 1.29. The Hall–Kier alpha value is -1.78. The summed E-state index contributed by atoms with van der Waals surface area (Å²) in [7, 11) is 0. The number of hydrogen-bond acceptors (Lipinski definition) is 4. The molecule has 2 rings (SSSR count). The maximum Gasteiger partial charge on any atom is 0.219 e. The monoisotopic (exact) mass is 148 g/mol. The molecule has 54 valence electrons. The Kier molecular flexibility index (Phi) is 1.15. The summed E-state index contributed by atoms with van der Waals surface area (Å²) in [5.41, 5.74) is 0.625. The molecule has 0 fully saturated rings. The molecule has 0 bridgehead atoms. The standard InChI is InChI=1S/C6H4N4O/c11-4-10-1-5-6(9-3-10)8-2-7-5/h1-4H. The number of imidazole rings is 1. The van der Waals surface area contributed by atoms with Crippen LogP contribution in [0.2, 0.25) is 0 Å². The van der Waals surface area contributed by atoms with E-state index in [1.807, 2.05) is 0 Å². The summed E-state index contributed by atoms with van der Waals surface area (Å²) in [5, 5.41) is 0. The van der Waals surface area contributed by atoms with Crippen molar-refractivity contribution in [3.63, 3.8) is 0 Å². The Morgan fingerprint density at radius 1 is 1.36 bits per heavy atom. The van der Waals surface area contributed by atoms with Crippen LogP contribution < -0.4 is 0 Å². The predicted molar refractivity (Wildman–Crippen MR) is 36.6 cm³/mol. The van der Waals surface area contributed by atoms with Gasteiger partial charge in [0.25, 0.3) is 0 Å². The number of fused-ring (bicyclic) bond motifs is 1. The van der Waals surface area contributed by atoms with Gasteiger partial charge in [0, 0.05) is 6.20 Å². The molecule has 0 amide bonds. The molecular formula is C6H4N4O. The molecule has 5 heteroatoms. The molecule has 0 aliphatic carbocycles. The molecule has 0 aromatic rings. The third-order valence-electron chi connectivity index (χ3n) is 1.31. The molecule has 11 heavy (non-hydrogen) atoms. The topological polar surface area (TPSA) is 60.7 Å². The lowest BCUT2D eigenvalue weighted by atomic mass is 10.4. The van der Waals surface area contributed by atoms with E-state index < -0.39 is 0 Å². The minimum atomic E-state index is 0.558. The van der Waals surface area contributed by atoms with E-state index >= 15 is 0 Å². The van der Waals surface area contributed by atoms with Crippen LogP contribution in [0.1, 0.15) is 0 Å². The second-order valence-electron chi connectivity index (χ2n) is 2.01. The third-order valence-corrected chi connectivity index (χ3v) is 1.31. The van der Waals surface area contributed by atoms with Crippen molar-refractivity contribution >= 4 is 6.41 Å². The Morgan fingerprint density at radius 3 is 3.09 bits per heavy atom. The number of carbonyl (C=O) groups is 1. The molecule has 0 unspecified atom stereocenters. The lowest BCUT2D eigenvalue weighted by molar-refractivity contribution is 0.546. The van der Waals surface area contributed by atoms with Crippen molar-refractivity contribution in [1.82, 2.24) is 19.5 Å². The average molecular weight is 148 g/mol. The minimum absolute atomic E-state index is 0.558. The zero-order valence-electron chi connectivity index (χ0n) is 5.51. The van der Waals surface area contributed by atoms with E-state index in [4.69, 9.17) is 0 Å². The second kappa shape index (κ2) is 2.12. The Balaban J connectivity index is 2.68. The van der Waals surface area contributed by atoms with Crippen LogP contribution in [0, 0.1) is 0 Å². The molecule has 2 aliphatic heterocycles. The molecule has 2 aliphatic rings. The number of rotatable bonds is 1. The van der Waals surface area contributed by atoms with Gasteiger partial charge < -0.3 is 0 Å². The van der Waals surface area contributed by atoms with Crippen LogP contribution in [-0.2, 0) is 4.79 Å². The number of nitrogens with zero attached hydrogens (tertiary/aromatic N) is 4. The van der Waals surface area contributed by atoms with Crippen LogP contribution in [0.15, 0.2) is 18.9 Å². The minimum Gasteiger partial charge on any atom is -0.278 e. The fourth-order valence-corrected chi connectivity index (χ4v) is 0.814.